The molecule has 0 aromatic rings. The lowest BCUT2D eigenvalue weighted by Gasteiger charge is -2.27. The second kappa shape index (κ2) is 15.9. The number of aliphatic imine (C=N–C) groups is 1. The monoisotopic (exact) mass is 517 g/mol. The van der Waals surface area contributed by atoms with Gasteiger partial charge >= 0.3 is 17.9 Å². The van der Waals surface area contributed by atoms with Crippen molar-refractivity contribution in [2.24, 2.45) is 28.1 Å². The van der Waals surface area contributed by atoms with Gasteiger partial charge < -0.3 is 48.5 Å². The summed E-state index contributed by atoms with van der Waals surface area (Å²) in [5, 5.41) is 34.1. The Morgan fingerprint density at radius 1 is 0.833 bits per heavy atom. The average Bonchev–Trinajstić information content (AvgIpc) is 2.76. The van der Waals surface area contributed by atoms with Gasteiger partial charge in [0, 0.05) is 6.54 Å². The van der Waals surface area contributed by atoms with Crippen LogP contribution in [-0.4, -0.2) is 87.6 Å². The first-order valence-corrected chi connectivity index (χ1v) is 11.1. The second-order valence-corrected chi connectivity index (χ2v) is 8.08. The summed E-state index contributed by atoms with van der Waals surface area (Å²) in [6.07, 6.45) is -1.09. The first kappa shape index (κ1) is 32.0. The summed E-state index contributed by atoms with van der Waals surface area (Å²) < 4.78 is 0. The minimum absolute atomic E-state index is 0.0847. The smallest absolute Gasteiger partial charge is 0.326 e. The van der Waals surface area contributed by atoms with Crippen molar-refractivity contribution in [3.8, 4) is 0 Å². The van der Waals surface area contributed by atoms with E-state index >= 15 is 0 Å². The van der Waals surface area contributed by atoms with E-state index in [1.54, 1.807) is 13.8 Å². The summed E-state index contributed by atoms with van der Waals surface area (Å²) in [5.41, 5.74) is 15.9. The molecule has 0 rings (SSSR count). The van der Waals surface area contributed by atoms with Crippen LogP contribution in [0.4, 0.5) is 0 Å². The van der Waals surface area contributed by atoms with Crippen LogP contribution in [0, 0.1) is 5.92 Å². The van der Waals surface area contributed by atoms with Crippen LogP contribution in [0.15, 0.2) is 4.99 Å². The minimum Gasteiger partial charge on any atom is -0.481 e. The van der Waals surface area contributed by atoms with Gasteiger partial charge in [0.15, 0.2) is 5.96 Å². The van der Waals surface area contributed by atoms with E-state index in [0.717, 1.165) is 0 Å². The zero-order valence-corrected chi connectivity index (χ0v) is 20.1. The van der Waals surface area contributed by atoms with Crippen LogP contribution in [0.1, 0.15) is 46.0 Å². The van der Waals surface area contributed by atoms with Crippen molar-refractivity contribution < 1.29 is 44.1 Å². The molecule has 0 saturated carbocycles. The lowest BCUT2D eigenvalue weighted by atomic mass is 9.97. The molecule has 5 unspecified atom stereocenters. The number of nitrogens with zero attached hydrogens (tertiary/aromatic N) is 1. The summed E-state index contributed by atoms with van der Waals surface area (Å²) in [6.45, 7) is 3.39. The number of nitrogens with two attached hydrogens (primary N) is 3. The molecule has 0 aliphatic rings. The van der Waals surface area contributed by atoms with E-state index in [0.29, 0.717) is 6.42 Å². The van der Waals surface area contributed by atoms with Gasteiger partial charge in [-0.2, -0.15) is 0 Å². The number of carbonyl (C=O) groups is 6. The summed E-state index contributed by atoms with van der Waals surface area (Å²) >= 11 is 0. The Kier molecular flexibility index (Phi) is 14.1. The van der Waals surface area contributed by atoms with Gasteiger partial charge in [-0.25, -0.2) is 4.79 Å². The van der Waals surface area contributed by atoms with E-state index in [9.17, 15) is 39.0 Å². The van der Waals surface area contributed by atoms with Crippen molar-refractivity contribution in [2.45, 2.75) is 70.1 Å². The topological polar surface area (TPSA) is 290 Å². The highest BCUT2D eigenvalue weighted by Crippen LogP contribution is 2.10. The highest BCUT2D eigenvalue weighted by Gasteiger charge is 2.33. The molecule has 16 nitrogen and oxygen atoms in total. The standard InChI is InChI=1S/C20H35N7O9/c1-3-9(2)15(27-16(32)10(21)7-13(28)29)18(34)26-12(8-14(30)31)17(33)25-11(19(35)36)5-4-6-24-20(22)23/h9-12,15H,3-8,21H2,1-2H3,(H,25,33)(H,26,34)(H,27,32)(H,28,29)(H,30,31)(H,35,36)(H4,22,23,24). The molecule has 3 amide bonds. The fraction of sp³-hybridized carbons (Fsp3) is 0.650. The van der Waals surface area contributed by atoms with Gasteiger partial charge in [-0.1, -0.05) is 20.3 Å². The van der Waals surface area contributed by atoms with E-state index < -0.39 is 78.6 Å². The molecule has 0 aliphatic carbocycles. The summed E-state index contributed by atoms with van der Waals surface area (Å²) in [4.78, 5) is 75.2. The molecule has 5 atom stereocenters. The number of nitrogens with one attached hydrogen (secondary N) is 3. The van der Waals surface area contributed by atoms with Gasteiger partial charge in [-0.15, -0.1) is 0 Å². The van der Waals surface area contributed by atoms with Crippen LogP contribution in [0.3, 0.4) is 0 Å². The molecule has 0 aromatic heterocycles. The normalized spacial score (nSPS) is 14.8. The molecule has 36 heavy (non-hydrogen) atoms. The SMILES string of the molecule is CCC(C)C(NC(=O)C(N)CC(=O)O)C(=O)NC(CC(=O)O)C(=O)NC(CCCN=C(N)N)C(=O)O. The Labute approximate surface area is 207 Å². The Hall–Kier alpha value is -3.95. The quantitative estimate of drug-likeness (QED) is 0.0526. The second-order valence-electron chi connectivity index (χ2n) is 8.08. The van der Waals surface area contributed by atoms with Gasteiger partial charge in [0.2, 0.25) is 17.7 Å². The third-order valence-electron chi connectivity index (χ3n) is 5.10. The summed E-state index contributed by atoms with van der Waals surface area (Å²) in [6, 6.07) is -5.82. The van der Waals surface area contributed by atoms with Gasteiger partial charge in [0.25, 0.3) is 0 Å². The number of rotatable bonds is 17. The molecule has 0 radical (unpaired) electrons. The molecular formula is C20H35N7O9. The Morgan fingerprint density at radius 3 is 1.86 bits per heavy atom. The Bertz CT molecular complexity index is 845. The highest BCUT2D eigenvalue weighted by atomic mass is 16.4. The fourth-order valence-corrected chi connectivity index (χ4v) is 2.92. The zero-order valence-electron chi connectivity index (χ0n) is 20.1. The van der Waals surface area contributed by atoms with Crippen LogP contribution in [0.5, 0.6) is 0 Å². The van der Waals surface area contributed by atoms with Crippen molar-refractivity contribution in [1.29, 1.82) is 0 Å². The van der Waals surface area contributed by atoms with Crippen LogP contribution in [0.25, 0.3) is 0 Å². The Balaban J connectivity index is 5.54. The predicted molar refractivity (Wildman–Crippen MR) is 125 cm³/mol. The largest absolute Gasteiger partial charge is 0.481 e. The van der Waals surface area contributed by atoms with Gasteiger partial charge in [0.05, 0.1) is 18.9 Å². The third-order valence-corrected chi connectivity index (χ3v) is 5.10. The molecule has 0 heterocycles. The van der Waals surface area contributed by atoms with Crippen LogP contribution >= 0.6 is 0 Å². The van der Waals surface area contributed by atoms with Gasteiger partial charge in [-0.3, -0.25) is 29.0 Å². The lowest BCUT2D eigenvalue weighted by Crippen LogP contribution is -2.59. The highest BCUT2D eigenvalue weighted by molar-refractivity contribution is 5.96. The lowest BCUT2D eigenvalue weighted by molar-refractivity contribution is -0.144. The zero-order chi connectivity index (χ0) is 28.0. The fourth-order valence-electron chi connectivity index (χ4n) is 2.92. The van der Waals surface area contributed by atoms with Crippen molar-refractivity contribution in [3.05, 3.63) is 0 Å². The molecule has 204 valence electrons. The molecule has 16 heteroatoms. The molecule has 0 saturated heterocycles. The predicted octanol–water partition coefficient (Wildman–Crippen LogP) is -3.10. The van der Waals surface area contributed by atoms with E-state index in [1.807, 2.05) is 0 Å². The molecule has 0 aliphatic heterocycles. The number of guanidine groups is 1. The van der Waals surface area contributed by atoms with Crippen molar-refractivity contribution in [2.75, 3.05) is 6.54 Å². The summed E-state index contributed by atoms with van der Waals surface area (Å²) in [7, 11) is 0. The number of carbonyl (C=O) groups excluding carboxylic acids is 3. The third kappa shape index (κ3) is 12.5. The maximum Gasteiger partial charge on any atom is 0.326 e. The molecule has 12 N–H and O–H groups in total. The number of carboxylic acid groups (broad SMARTS) is 3. The van der Waals surface area contributed by atoms with E-state index in [-0.39, 0.29) is 25.3 Å². The number of aliphatic carboxylic acids is 3. The van der Waals surface area contributed by atoms with E-state index in [1.165, 1.54) is 0 Å². The average molecular weight is 518 g/mol. The van der Waals surface area contributed by atoms with E-state index in [4.69, 9.17) is 22.3 Å². The van der Waals surface area contributed by atoms with Gasteiger partial charge in [-0.05, 0) is 18.8 Å². The number of amides is 3. The van der Waals surface area contributed by atoms with Crippen molar-refractivity contribution in [1.82, 2.24) is 16.0 Å². The molecule has 0 fully saturated rings. The van der Waals surface area contributed by atoms with Crippen LogP contribution in [0.2, 0.25) is 0 Å². The number of carboxylic acids is 3. The van der Waals surface area contributed by atoms with Gasteiger partial charge in [0.1, 0.15) is 18.1 Å². The molecule has 0 spiro atoms. The van der Waals surface area contributed by atoms with Crippen molar-refractivity contribution in [3.63, 3.8) is 0 Å². The maximum absolute atomic E-state index is 12.9. The molecular weight excluding hydrogens is 482 g/mol. The van der Waals surface area contributed by atoms with Crippen LogP contribution in [-0.2, 0) is 28.8 Å². The summed E-state index contributed by atoms with van der Waals surface area (Å²) in [5.74, 6) is -7.81. The molecule has 0 aromatic carbocycles. The van der Waals surface area contributed by atoms with Crippen molar-refractivity contribution >= 4 is 41.6 Å². The van der Waals surface area contributed by atoms with Crippen LogP contribution < -0.4 is 33.2 Å². The van der Waals surface area contributed by atoms with E-state index in [2.05, 4.69) is 20.9 Å². The maximum atomic E-state index is 12.9. The minimum atomic E-state index is -1.68. The first-order valence-electron chi connectivity index (χ1n) is 11.1. The number of hydrogen-bond acceptors (Lipinski definition) is 8. The first-order chi connectivity index (χ1) is 16.7. The molecule has 0 bridgehead atoms. The Morgan fingerprint density at radius 2 is 1.39 bits per heavy atom. The number of hydrogen-bond donors (Lipinski definition) is 9.